The fourth-order valence-corrected chi connectivity index (χ4v) is 2.87. The Bertz CT molecular complexity index is 892. The van der Waals surface area contributed by atoms with Crippen LogP contribution in [0, 0.1) is 0 Å². The summed E-state index contributed by atoms with van der Waals surface area (Å²) in [6.07, 6.45) is 2.34. The fraction of sp³-hybridized carbons (Fsp3) is 0. The molecule has 0 fully saturated rings. The van der Waals surface area contributed by atoms with Gasteiger partial charge in [-0.15, -0.1) is 0 Å². The molecule has 2 aromatic carbocycles. The van der Waals surface area contributed by atoms with Gasteiger partial charge in [-0.1, -0.05) is 30.3 Å². The van der Waals surface area contributed by atoms with Crippen molar-refractivity contribution in [1.82, 2.24) is 9.97 Å². The second-order valence-electron chi connectivity index (χ2n) is 4.44. The molecule has 106 valence electrons. The van der Waals surface area contributed by atoms with E-state index in [4.69, 9.17) is 5.73 Å². The van der Waals surface area contributed by atoms with Crippen molar-refractivity contribution in [2.45, 2.75) is 4.90 Å². The Balaban J connectivity index is 1.95. The number of rotatable bonds is 3. The zero-order valence-corrected chi connectivity index (χ0v) is 11.7. The summed E-state index contributed by atoms with van der Waals surface area (Å²) in [6, 6.07) is 13.0. The van der Waals surface area contributed by atoms with Crippen molar-refractivity contribution in [2.24, 2.45) is 0 Å². The maximum Gasteiger partial charge on any atom is 0.264 e. The normalized spacial score (nSPS) is 11.4. The summed E-state index contributed by atoms with van der Waals surface area (Å²) >= 11 is 0. The molecule has 1 heterocycles. The highest BCUT2D eigenvalue weighted by molar-refractivity contribution is 7.92. The van der Waals surface area contributed by atoms with Gasteiger partial charge in [0.1, 0.15) is 4.90 Å². The molecular weight excluding hydrogens is 288 g/mol. The molecule has 1 aromatic heterocycles. The molecular formula is C14H12N4O2S. The van der Waals surface area contributed by atoms with Gasteiger partial charge in [0.05, 0.1) is 12.4 Å². The summed E-state index contributed by atoms with van der Waals surface area (Å²) in [7, 11) is -3.73. The van der Waals surface area contributed by atoms with Gasteiger partial charge in [-0.3, -0.25) is 4.72 Å². The first-order valence-corrected chi connectivity index (χ1v) is 7.62. The number of fused-ring (bicyclic) bond motifs is 1. The number of hydrogen-bond acceptors (Lipinski definition) is 5. The Morgan fingerprint density at radius 3 is 2.33 bits per heavy atom. The number of nitrogen functional groups attached to an aromatic ring is 1. The number of aromatic nitrogens is 2. The van der Waals surface area contributed by atoms with Crippen molar-refractivity contribution in [3.63, 3.8) is 0 Å². The third-order valence-electron chi connectivity index (χ3n) is 2.96. The topological polar surface area (TPSA) is 98.0 Å². The van der Waals surface area contributed by atoms with E-state index in [9.17, 15) is 8.42 Å². The zero-order valence-electron chi connectivity index (χ0n) is 10.9. The number of hydrogen-bond donors (Lipinski definition) is 2. The average Bonchev–Trinajstić information content (AvgIpc) is 2.47. The van der Waals surface area contributed by atoms with Gasteiger partial charge in [-0.05, 0) is 22.9 Å². The summed E-state index contributed by atoms with van der Waals surface area (Å²) in [5.41, 5.74) is 5.82. The molecule has 0 atom stereocenters. The van der Waals surface area contributed by atoms with E-state index in [1.807, 2.05) is 30.3 Å². The number of sulfonamides is 1. The molecule has 0 bridgehead atoms. The Morgan fingerprint density at radius 2 is 1.62 bits per heavy atom. The SMILES string of the molecule is Nc1ncc(S(=O)(=O)Nc2ccc3ccccc3c2)cn1. The second kappa shape index (κ2) is 5.02. The molecule has 21 heavy (non-hydrogen) atoms. The molecule has 0 radical (unpaired) electrons. The lowest BCUT2D eigenvalue weighted by Gasteiger charge is -2.08. The highest BCUT2D eigenvalue weighted by Gasteiger charge is 2.15. The summed E-state index contributed by atoms with van der Waals surface area (Å²) in [4.78, 5) is 7.33. The minimum atomic E-state index is -3.73. The van der Waals surface area contributed by atoms with Crippen molar-refractivity contribution in [2.75, 3.05) is 10.5 Å². The molecule has 6 nitrogen and oxygen atoms in total. The van der Waals surface area contributed by atoms with Crippen molar-refractivity contribution in [3.05, 3.63) is 54.9 Å². The quantitative estimate of drug-likeness (QED) is 0.771. The summed E-state index contributed by atoms with van der Waals surface area (Å²) < 4.78 is 26.9. The van der Waals surface area contributed by atoms with Crippen LogP contribution in [0.2, 0.25) is 0 Å². The molecule has 0 aliphatic carbocycles. The predicted octanol–water partition coefficient (Wildman–Crippen LogP) is 2.01. The smallest absolute Gasteiger partial charge is 0.264 e. The van der Waals surface area contributed by atoms with E-state index >= 15 is 0 Å². The molecule has 0 saturated heterocycles. The number of anilines is 2. The van der Waals surface area contributed by atoms with Gasteiger partial charge in [0.2, 0.25) is 5.95 Å². The maximum absolute atomic E-state index is 12.2. The average molecular weight is 300 g/mol. The lowest BCUT2D eigenvalue weighted by molar-refractivity contribution is 0.600. The van der Waals surface area contributed by atoms with Crippen LogP contribution in [0.1, 0.15) is 0 Å². The van der Waals surface area contributed by atoms with Crippen LogP contribution in [0.15, 0.2) is 59.8 Å². The van der Waals surface area contributed by atoms with E-state index in [0.717, 1.165) is 10.8 Å². The Morgan fingerprint density at radius 1 is 0.952 bits per heavy atom. The van der Waals surface area contributed by atoms with Gasteiger partial charge >= 0.3 is 0 Å². The molecule has 0 aliphatic rings. The van der Waals surface area contributed by atoms with E-state index in [-0.39, 0.29) is 10.8 Å². The summed E-state index contributed by atoms with van der Waals surface area (Å²) in [5.74, 6) is 0.0275. The highest BCUT2D eigenvalue weighted by Crippen LogP contribution is 2.21. The van der Waals surface area contributed by atoms with Crippen molar-refractivity contribution in [1.29, 1.82) is 0 Å². The third-order valence-corrected chi connectivity index (χ3v) is 4.30. The molecule has 3 rings (SSSR count). The molecule has 7 heteroatoms. The van der Waals surface area contributed by atoms with E-state index in [1.54, 1.807) is 12.1 Å². The van der Waals surface area contributed by atoms with Crippen LogP contribution in [-0.4, -0.2) is 18.4 Å². The minimum absolute atomic E-state index is 0.0275. The Labute approximate surface area is 121 Å². The number of nitrogens with two attached hydrogens (primary N) is 1. The van der Waals surface area contributed by atoms with E-state index in [1.165, 1.54) is 12.4 Å². The van der Waals surface area contributed by atoms with Gasteiger partial charge in [0.25, 0.3) is 10.0 Å². The molecule has 3 aromatic rings. The van der Waals surface area contributed by atoms with E-state index in [0.29, 0.717) is 5.69 Å². The fourth-order valence-electron chi connectivity index (χ4n) is 1.93. The molecule has 0 unspecified atom stereocenters. The van der Waals surface area contributed by atoms with Crippen LogP contribution >= 0.6 is 0 Å². The van der Waals surface area contributed by atoms with E-state index < -0.39 is 10.0 Å². The molecule has 0 aliphatic heterocycles. The minimum Gasteiger partial charge on any atom is -0.368 e. The molecule has 0 spiro atoms. The van der Waals surface area contributed by atoms with Crippen LogP contribution in [0.4, 0.5) is 11.6 Å². The van der Waals surface area contributed by atoms with Gasteiger partial charge in [0.15, 0.2) is 0 Å². The first-order chi connectivity index (χ1) is 10.0. The number of nitrogens with zero attached hydrogens (tertiary/aromatic N) is 2. The van der Waals surface area contributed by atoms with Gasteiger partial charge in [-0.2, -0.15) is 0 Å². The van der Waals surface area contributed by atoms with Gasteiger partial charge in [0, 0.05) is 5.69 Å². The van der Waals surface area contributed by atoms with Crippen molar-refractivity contribution in [3.8, 4) is 0 Å². The standard InChI is InChI=1S/C14H12N4O2S/c15-14-16-8-13(9-17-14)21(19,20)18-12-6-5-10-3-1-2-4-11(10)7-12/h1-9,18H,(H2,15,16,17). The van der Waals surface area contributed by atoms with Crippen molar-refractivity contribution < 1.29 is 8.42 Å². The van der Waals surface area contributed by atoms with Crippen LogP contribution in [0.5, 0.6) is 0 Å². The largest absolute Gasteiger partial charge is 0.368 e. The number of benzene rings is 2. The van der Waals surface area contributed by atoms with Gasteiger partial charge < -0.3 is 5.73 Å². The molecule has 3 N–H and O–H groups in total. The Kier molecular flexibility index (Phi) is 3.19. The van der Waals surface area contributed by atoms with Crippen molar-refractivity contribution >= 4 is 32.4 Å². The van der Waals surface area contributed by atoms with Gasteiger partial charge in [-0.25, -0.2) is 18.4 Å². The predicted molar refractivity (Wildman–Crippen MR) is 81.2 cm³/mol. The Hall–Kier alpha value is -2.67. The maximum atomic E-state index is 12.2. The lowest BCUT2D eigenvalue weighted by Crippen LogP contribution is -2.14. The van der Waals surface area contributed by atoms with E-state index in [2.05, 4.69) is 14.7 Å². The van der Waals surface area contributed by atoms with Crippen LogP contribution in [0.3, 0.4) is 0 Å². The second-order valence-corrected chi connectivity index (χ2v) is 6.13. The highest BCUT2D eigenvalue weighted by atomic mass is 32.2. The van der Waals surface area contributed by atoms with Crippen LogP contribution in [-0.2, 0) is 10.0 Å². The van der Waals surface area contributed by atoms with Crippen LogP contribution in [0.25, 0.3) is 10.8 Å². The van der Waals surface area contributed by atoms with Crippen LogP contribution < -0.4 is 10.5 Å². The third kappa shape index (κ3) is 2.77. The molecule has 0 amide bonds. The lowest BCUT2D eigenvalue weighted by atomic mass is 10.1. The molecule has 0 saturated carbocycles. The number of nitrogens with one attached hydrogen (secondary N) is 1. The monoisotopic (exact) mass is 300 g/mol. The first kappa shape index (κ1) is 13.3. The summed E-state index contributed by atoms with van der Waals surface area (Å²) in [5, 5.41) is 1.99. The summed E-state index contributed by atoms with van der Waals surface area (Å²) in [6.45, 7) is 0. The zero-order chi connectivity index (χ0) is 14.9. The first-order valence-electron chi connectivity index (χ1n) is 6.14.